The molecule has 1 fully saturated rings. The van der Waals surface area contributed by atoms with E-state index < -0.39 is 12.7 Å². The van der Waals surface area contributed by atoms with E-state index >= 15 is 0 Å². The molecule has 1 heterocycles. The summed E-state index contributed by atoms with van der Waals surface area (Å²) in [5.41, 5.74) is 0. The summed E-state index contributed by atoms with van der Waals surface area (Å²) in [6.07, 6.45) is -3.43. The van der Waals surface area contributed by atoms with Crippen LogP contribution in [-0.2, 0) is 0 Å². The standard InChI is InChI=1S/C14H28F3N5.HI/c1-11(2)21(4)8-6-19-13(18-3)20-12-5-7-22(9-12)10-14(15,16)17;/h11-12H,5-10H2,1-4H3,(H2,18,19,20);1H. The molecule has 0 aromatic rings. The quantitative estimate of drug-likeness (QED) is 0.367. The van der Waals surface area contributed by atoms with E-state index in [9.17, 15) is 13.2 Å². The van der Waals surface area contributed by atoms with Crippen molar-refractivity contribution in [3.8, 4) is 0 Å². The fraction of sp³-hybridized carbons (Fsp3) is 0.929. The second kappa shape index (κ2) is 10.5. The van der Waals surface area contributed by atoms with Crippen molar-refractivity contribution < 1.29 is 13.2 Å². The maximum Gasteiger partial charge on any atom is 0.401 e. The summed E-state index contributed by atoms with van der Waals surface area (Å²) >= 11 is 0. The minimum atomic E-state index is -4.13. The Balaban J connectivity index is 0.00000484. The minimum Gasteiger partial charge on any atom is -0.355 e. The summed E-state index contributed by atoms with van der Waals surface area (Å²) in [6, 6.07) is 0.485. The summed E-state index contributed by atoms with van der Waals surface area (Å²) in [6.45, 7) is 5.89. The number of rotatable bonds is 6. The SMILES string of the molecule is CN=C(NCCN(C)C(C)C)NC1CCN(CC(F)(F)F)C1.I. The highest BCUT2D eigenvalue weighted by Crippen LogP contribution is 2.19. The largest absolute Gasteiger partial charge is 0.401 e. The normalized spacial score (nSPS) is 20.0. The Kier molecular flexibility index (Phi) is 10.4. The molecule has 1 saturated heterocycles. The number of guanidine groups is 1. The zero-order chi connectivity index (χ0) is 16.8. The zero-order valence-corrected chi connectivity index (χ0v) is 16.6. The van der Waals surface area contributed by atoms with Crippen molar-refractivity contribution in [3.63, 3.8) is 0 Å². The van der Waals surface area contributed by atoms with Crippen LogP contribution in [0, 0.1) is 0 Å². The van der Waals surface area contributed by atoms with Gasteiger partial charge >= 0.3 is 6.18 Å². The zero-order valence-electron chi connectivity index (χ0n) is 14.3. The van der Waals surface area contributed by atoms with Crippen molar-refractivity contribution in [2.75, 3.05) is 46.8 Å². The van der Waals surface area contributed by atoms with Gasteiger partial charge in [-0.05, 0) is 27.3 Å². The van der Waals surface area contributed by atoms with Crippen LogP contribution in [0.25, 0.3) is 0 Å². The first-order valence-electron chi connectivity index (χ1n) is 7.68. The van der Waals surface area contributed by atoms with E-state index in [0.29, 0.717) is 31.5 Å². The van der Waals surface area contributed by atoms with Crippen LogP contribution in [0.5, 0.6) is 0 Å². The van der Waals surface area contributed by atoms with E-state index in [1.807, 2.05) is 0 Å². The van der Waals surface area contributed by atoms with Crippen LogP contribution in [0.1, 0.15) is 20.3 Å². The lowest BCUT2D eigenvalue weighted by atomic mass is 10.3. The first kappa shape index (κ1) is 22.7. The fourth-order valence-corrected chi connectivity index (χ4v) is 2.34. The number of hydrogen-bond acceptors (Lipinski definition) is 3. The molecule has 1 aliphatic rings. The average Bonchev–Trinajstić information content (AvgIpc) is 2.82. The van der Waals surface area contributed by atoms with Crippen LogP contribution in [-0.4, -0.2) is 80.8 Å². The molecule has 5 nitrogen and oxygen atoms in total. The van der Waals surface area contributed by atoms with E-state index in [-0.39, 0.29) is 30.0 Å². The smallest absolute Gasteiger partial charge is 0.355 e. The van der Waals surface area contributed by atoms with Gasteiger partial charge in [0.25, 0.3) is 0 Å². The average molecular weight is 451 g/mol. The van der Waals surface area contributed by atoms with E-state index in [0.717, 1.165) is 13.1 Å². The summed E-state index contributed by atoms with van der Waals surface area (Å²) in [5, 5.41) is 6.40. The van der Waals surface area contributed by atoms with Crippen LogP contribution >= 0.6 is 24.0 Å². The summed E-state index contributed by atoms with van der Waals surface area (Å²) < 4.78 is 37.1. The van der Waals surface area contributed by atoms with Crippen molar-refractivity contribution in [3.05, 3.63) is 0 Å². The molecule has 0 aromatic carbocycles. The van der Waals surface area contributed by atoms with Crippen LogP contribution in [0.15, 0.2) is 4.99 Å². The molecule has 1 atom stereocenters. The van der Waals surface area contributed by atoms with Gasteiger partial charge in [-0.15, -0.1) is 24.0 Å². The molecule has 138 valence electrons. The molecule has 9 heteroatoms. The summed E-state index contributed by atoms with van der Waals surface area (Å²) in [4.78, 5) is 7.77. The fourth-order valence-electron chi connectivity index (χ4n) is 2.34. The van der Waals surface area contributed by atoms with Gasteiger partial charge in [0.15, 0.2) is 5.96 Å². The first-order chi connectivity index (χ1) is 10.2. The highest BCUT2D eigenvalue weighted by molar-refractivity contribution is 14.0. The summed E-state index contributed by atoms with van der Waals surface area (Å²) in [7, 11) is 3.72. The second-order valence-electron chi connectivity index (χ2n) is 6.05. The van der Waals surface area contributed by atoms with Gasteiger partial charge in [-0.1, -0.05) is 0 Å². The molecule has 23 heavy (non-hydrogen) atoms. The number of likely N-dealkylation sites (N-methyl/N-ethyl adjacent to an activating group) is 1. The van der Waals surface area contributed by atoms with Gasteiger partial charge in [0, 0.05) is 45.3 Å². The Hall–Kier alpha value is -0.290. The lowest BCUT2D eigenvalue weighted by Gasteiger charge is -2.23. The minimum absolute atomic E-state index is 0. The Morgan fingerprint density at radius 1 is 1.39 bits per heavy atom. The molecule has 0 spiro atoms. The topological polar surface area (TPSA) is 42.9 Å². The molecule has 0 saturated carbocycles. The molecule has 0 aromatic heterocycles. The number of halogens is 4. The molecular formula is C14H29F3IN5. The van der Waals surface area contributed by atoms with Gasteiger partial charge in [0.2, 0.25) is 0 Å². The van der Waals surface area contributed by atoms with Gasteiger partial charge in [-0.2, -0.15) is 13.2 Å². The Labute approximate surface area is 154 Å². The van der Waals surface area contributed by atoms with Crippen molar-refractivity contribution in [2.45, 2.75) is 38.5 Å². The van der Waals surface area contributed by atoms with Gasteiger partial charge in [0.05, 0.1) is 6.54 Å². The predicted octanol–water partition coefficient (Wildman–Crippen LogP) is 1.75. The lowest BCUT2D eigenvalue weighted by molar-refractivity contribution is -0.143. The Bertz CT molecular complexity index is 363. The predicted molar refractivity (Wildman–Crippen MR) is 98.6 cm³/mol. The van der Waals surface area contributed by atoms with E-state index in [1.54, 1.807) is 7.05 Å². The Morgan fingerprint density at radius 3 is 2.57 bits per heavy atom. The molecule has 1 unspecified atom stereocenters. The molecule has 0 amide bonds. The molecule has 0 aliphatic carbocycles. The molecule has 0 radical (unpaired) electrons. The number of hydrogen-bond donors (Lipinski definition) is 2. The second-order valence-corrected chi connectivity index (χ2v) is 6.05. The van der Waals surface area contributed by atoms with Crippen molar-refractivity contribution in [2.24, 2.45) is 4.99 Å². The maximum absolute atomic E-state index is 12.4. The van der Waals surface area contributed by atoms with Crippen molar-refractivity contribution in [1.82, 2.24) is 20.4 Å². The number of nitrogens with zero attached hydrogens (tertiary/aromatic N) is 3. The van der Waals surface area contributed by atoms with Crippen molar-refractivity contribution in [1.29, 1.82) is 0 Å². The maximum atomic E-state index is 12.4. The monoisotopic (exact) mass is 451 g/mol. The summed E-state index contributed by atoms with van der Waals surface area (Å²) in [5.74, 6) is 0.649. The van der Waals surface area contributed by atoms with Gasteiger partial charge in [-0.25, -0.2) is 0 Å². The highest BCUT2D eigenvalue weighted by atomic mass is 127. The molecule has 1 rings (SSSR count). The number of nitrogens with one attached hydrogen (secondary N) is 2. The van der Waals surface area contributed by atoms with Gasteiger partial charge in [-0.3, -0.25) is 9.89 Å². The molecule has 2 N–H and O–H groups in total. The molecule has 0 bridgehead atoms. The third kappa shape index (κ3) is 9.55. The molecule has 1 aliphatic heterocycles. The van der Waals surface area contributed by atoms with Gasteiger partial charge in [0.1, 0.15) is 0 Å². The van der Waals surface area contributed by atoms with Crippen LogP contribution in [0.4, 0.5) is 13.2 Å². The van der Waals surface area contributed by atoms with E-state index in [1.165, 1.54) is 4.90 Å². The third-order valence-electron chi connectivity index (χ3n) is 3.88. The van der Waals surface area contributed by atoms with Crippen LogP contribution in [0.3, 0.4) is 0 Å². The number of likely N-dealkylation sites (tertiary alicyclic amines) is 1. The van der Waals surface area contributed by atoms with E-state index in [2.05, 4.69) is 41.4 Å². The highest BCUT2D eigenvalue weighted by Gasteiger charge is 2.34. The van der Waals surface area contributed by atoms with E-state index in [4.69, 9.17) is 0 Å². The number of alkyl halides is 3. The number of aliphatic imine (C=N–C) groups is 1. The lowest BCUT2D eigenvalue weighted by Crippen LogP contribution is -2.47. The van der Waals surface area contributed by atoms with Gasteiger partial charge < -0.3 is 15.5 Å². The molecular weight excluding hydrogens is 422 g/mol. The Morgan fingerprint density at radius 2 is 2.04 bits per heavy atom. The van der Waals surface area contributed by atoms with Crippen molar-refractivity contribution >= 4 is 29.9 Å². The van der Waals surface area contributed by atoms with Crippen LogP contribution in [0.2, 0.25) is 0 Å². The third-order valence-corrected chi connectivity index (χ3v) is 3.88. The first-order valence-corrected chi connectivity index (χ1v) is 7.68. The van der Waals surface area contributed by atoms with Crippen LogP contribution < -0.4 is 10.6 Å².